The molecule has 1 fully saturated rings. The Morgan fingerprint density at radius 3 is 2.53 bits per heavy atom. The summed E-state index contributed by atoms with van der Waals surface area (Å²) in [7, 11) is 0. The zero-order chi connectivity index (χ0) is 21.9. The van der Waals surface area contributed by atoms with Crippen LogP contribution in [0, 0.1) is 11.3 Å². The number of ether oxygens (including phenoxy) is 1. The summed E-state index contributed by atoms with van der Waals surface area (Å²) in [4.78, 5) is 18.7. The van der Waals surface area contributed by atoms with Crippen LogP contribution in [-0.4, -0.2) is 30.6 Å². The van der Waals surface area contributed by atoms with E-state index in [2.05, 4.69) is 4.98 Å². The van der Waals surface area contributed by atoms with Gasteiger partial charge in [-0.3, -0.25) is 4.79 Å². The van der Waals surface area contributed by atoms with E-state index in [-0.39, 0.29) is 18.1 Å². The zero-order valence-electron chi connectivity index (χ0n) is 16.2. The van der Waals surface area contributed by atoms with Gasteiger partial charge in [-0.25, -0.2) is 4.98 Å². The van der Waals surface area contributed by atoms with Gasteiger partial charge in [0.1, 0.15) is 11.2 Å². The predicted octanol–water partition coefficient (Wildman–Crippen LogP) is 4.73. The lowest BCUT2D eigenvalue weighted by Gasteiger charge is -2.41. The molecule has 0 amide bonds. The number of alkyl halides is 3. The first kappa shape index (κ1) is 21.9. The molecule has 0 unspecified atom stereocenters. The smallest absolute Gasteiger partial charge is 0.416 e. The van der Waals surface area contributed by atoms with Gasteiger partial charge in [0.15, 0.2) is 0 Å². The first-order chi connectivity index (χ1) is 14.2. The molecule has 158 valence electrons. The van der Waals surface area contributed by atoms with Crippen molar-refractivity contribution in [2.24, 2.45) is 0 Å². The molecule has 5 nitrogen and oxygen atoms in total. The van der Waals surface area contributed by atoms with Gasteiger partial charge in [0.05, 0.1) is 28.8 Å². The molecule has 2 aromatic rings. The number of anilines is 1. The number of carbonyl (C=O) groups is 1. The second kappa shape index (κ2) is 8.52. The van der Waals surface area contributed by atoms with Crippen LogP contribution in [0.3, 0.4) is 0 Å². The molecule has 3 rings (SSSR count). The van der Waals surface area contributed by atoms with Gasteiger partial charge >= 0.3 is 12.1 Å². The van der Waals surface area contributed by atoms with E-state index in [9.17, 15) is 23.2 Å². The summed E-state index contributed by atoms with van der Waals surface area (Å²) in [6.07, 6.45) is -2.25. The maximum Gasteiger partial charge on any atom is 0.416 e. The molecule has 1 aliphatic rings. The molecule has 9 heteroatoms. The quantitative estimate of drug-likeness (QED) is 0.511. The monoisotopic (exact) mass is 437 g/mol. The lowest BCUT2D eigenvalue weighted by Crippen LogP contribution is -2.48. The van der Waals surface area contributed by atoms with Gasteiger partial charge in [0.2, 0.25) is 0 Å². The maximum absolute atomic E-state index is 13.0. The highest BCUT2D eigenvalue weighted by Crippen LogP contribution is 2.40. The Morgan fingerprint density at radius 2 is 2.00 bits per heavy atom. The van der Waals surface area contributed by atoms with Crippen LogP contribution in [0.25, 0.3) is 0 Å². The summed E-state index contributed by atoms with van der Waals surface area (Å²) in [5.41, 5.74) is -0.757. The fourth-order valence-electron chi connectivity index (χ4n) is 3.75. The highest BCUT2D eigenvalue weighted by Gasteiger charge is 2.45. The molecule has 1 aliphatic heterocycles. The van der Waals surface area contributed by atoms with E-state index in [1.165, 1.54) is 6.07 Å². The molecule has 1 saturated heterocycles. The van der Waals surface area contributed by atoms with Crippen LogP contribution in [0.15, 0.2) is 36.5 Å². The van der Waals surface area contributed by atoms with Crippen molar-refractivity contribution in [2.75, 3.05) is 24.6 Å². The third kappa shape index (κ3) is 4.21. The van der Waals surface area contributed by atoms with Gasteiger partial charge < -0.3 is 9.64 Å². The molecule has 30 heavy (non-hydrogen) atoms. The number of aromatic nitrogens is 1. The molecule has 1 aromatic heterocycles. The van der Waals surface area contributed by atoms with E-state index in [0.717, 1.165) is 12.1 Å². The Bertz CT molecular complexity index is 963. The lowest BCUT2D eigenvalue weighted by atomic mass is 9.73. The number of hydrogen-bond donors (Lipinski definition) is 0. The second-order valence-corrected chi connectivity index (χ2v) is 7.39. The molecule has 2 heterocycles. The number of piperidine rings is 1. The van der Waals surface area contributed by atoms with Crippen LogP contribution in [0.4, 0.5) is 18.9 Å². The fourth-order valence-corrected chi connectivity index (χ4v) is 3.86. The number of carbonyl (C=O) groups excluding carboxylic acids is 1. The van der Waals surface area contributed by atoms with Gasteiger partial charge in [0, 0.05) is 19.3 Å². The van der Waals surface area contributed by atoms with Crippen molar-refractivity contribution in [3.63, 3.8) is 0 Å². The number of pyridine rings is 1. The second-order valence-electron chi connectivity index (χ2n) is 7.00. The van der Waals surface area contributed by atoms with E-state index in [1.54, 1.807) is 25.3 Å². The highest BCUT2D eigenvalue weighted by molar-refractivity contribution is 6.29. The number of hydrogen-bond acceptors (Lipinski definition) is 5. The van der Waals surface area contributed by atoms with Gasteiger partial charge in [-0.1, -0.05) is 17.7 Å². The lowest BCUT2D eigenvalue weighted by molar-refractivity contribution is -0.151. The van der Waals surface area contributed by atoms with Gasteiger partial charge in [-0.2, -0.15) is 18.4 Å². The largest absolute Gasteiger partial charge is 0.465 e. The van der Waals surface area contributed by atoms with Crippen LogP contribution in [0.2, 0.25) is 5.15 Å². The molecule has 0 saturated carbocycles. The summed E-state index contributed by atoms with van der Waals surface area (Å²) in [5.74, 6) is -0.373. The van der Waals surface area contributed by atoms with Crippen molar-refractivity contribution in [1.29, 1.82) is 5.26 Å². The maximum atomic E-state index is 13.0. The van der Waals surface area contributed by atoms with Crippen molar-refractivity contribution in [1.82, 2.24) is 4.98 Å². The molecule has 1 aromatic carbocycles. The van der Waals surface area contributed by atoms with Crippen LogP contribution in [0.1, 0.15) is 36.5 Å². The summed E-state index contributed by atoms with van der Waals surface area (Å²) < 4.78 is 44.2. The molecule has 0 bridgehead atoms. The minimum Gasteiger partial charge on any atom is -0.465 e. The molecule has 0 spiro atoms. The average Bonchev–Trinajstić information content (AvgIpc) is 2.73. The topological polar surface area (TPSA) is 66.2 Å². The molecule has 0 N–H and O–H groups in total. The third-order valence-electron chi connectivity index (χ3n) is 5.35. The van der Waals surface area contributed by atoms with Crippen LogP contribution >= 0.6 is 11.6 Å². The standard InChI is InChI=1S/C21H19ClF3N3O2/c1-2-30-19(29)20(16-4-6-18(22)27-13-16)7-9-28(10-8-20)17-5-3-15(21(23,24)25)11-14(17)12-26/h3-6,11,13H,2,7-10H2,1H3. The van der Waals surface area contributed by atoms with Crippen LogP contribution in [-0.2, 0) is 21.1 Å². The number of nitriles is 1. The summed E-state index contributed by atoms with van der Waals surface area (Å²) in [6.45, 7) is 2.67. The van der Waals surface area contributed by atoms with E-state index < -0.39 is 17.2 Å². The molecule has 0 aliphatic carbocycles. The highest BCUT2D eigenvalue weighted by atomic mass is 35.5. The van der Waals surface area contributed by atoms with Crippen molar-refractivity contribution in [3.05, 3.63) is 58.4 Å². The SMILES string of the molecule is CCOC(=O)C1(c2ccc(Cl)nc2)CCN(c2ccc(C(F)(F)F)cc2C#N)CC1. The van der Waals surface area contributed by atoms with E-state index in [4.69, 9.17) is 16.3 Å². The Morgan fingerprint density at radius 1 is 1.30 bits per heavy atom. The van der Waals surface area contributed by atoms with E-state index in [1.807, 2.05) is 11.0 Å². The first-order valence-corrected chi connectivity index (χ1v) is 9.74. The van der Waals surface area contributed by atoms with Crippen molar-refractivity contribution >= 4 is 23.3 Å². The van der Waals surface area contributed by atoms with Crippen LogP contribution in [0.5, 0.6) is 0 Å². The fraction of sp³-hybridized carbons (Fsp3) is 0.381. The zero-order valence-corrected chi connectivity index (χ0v) is 16.9. The number of benzene rings is 1. The minimum atomic E-state index is -4.52. The first-order valence-electron chi connectivity index (χ1n) is 9.37. The molecular weight excluding hydrogens is 419 g/mol. The van der Waals surface area contributed by atoms with E-state index >= 15 is 0 Å². The Balaban J connectivity index is 1.89. The molecule has 0 atom stereocenters. The average molecular weight is 438 g/mol. The molecule has 0 radical (unpaired) electrons. The number of rotatable bonds is 4. The van der Waals surface area contributed by atoms with Crippen LogP contribution < -0.4 is 4.90 Å². The number of halogens is 4. The summed E-state index contributed by atoms with van der Waals surface area (Å²) in [5, 5.41) is 9.67. The summed E-state index contributed by atoms with van der Waals surface area (Å²) in [6, 6.07) is 8.32. The van der Waals surface area contributed by atoms with Crippen molar-refractivity contribution < 1.29 is 22.7 Å². The van der Waals surface area contributed by atoms with Gasteiger partial charge in [-0.15, -0.1) is 0 Å². The summed E-state index contributed by atoms with van der Waals surface area (Å²) >= 11 is 5.87. The van der Waals surface area contributed by atoms with Crippen molar-refractivity contribution in [2.45, 2.75) is 31.4 Å². The minimum absolute atomic E-state index is 0.0541. The number of nitrogens with zero attached hydrogens (tertiary/aromatic N) is 3. The normalized spacial score (nSPS) is 16.1. The van der Waals surface area contributed by atoms with Gasteiger partial charge in [0.25, 0.3) is 0 Å². The predicted molar refractivity (Wildman–Crippen MR) is 105 cm³/mol. The van der Waals surface area contributed by atoms with Crippen molar-refractivity contribution in [3.8, 4) is 6.07 Å². The molecular formula is C21H19ClF3N3O2. The Kier molecular flexibility index (Phi) is 6.22. The Hall–Kier alpha value is -2.79. The Labute approximate surface area is 177 Å². The van der Waals surface area contributed by atoms with Gasteiger partial charge in [-0.05, 0) is 49.6 Å². The third-order valence-corrected chi connectivity index (χ3v) is 5.57. The van der Waals surface area contributed by atoms with E-state index in [0.29, 0.717) is 42.3 Å². The number of esters is 1.